The summed E-state index contributed by atoms with van der Waals surface area (Å²) in [6.45, 7) is 3.68. The standard InChI is InChI=1S/C14H22N2OS/c1-18-14-6-4-12(5-7-14)15-10-13(17)11-16-8-2-3-9-16/h4-7,13,15,17H,2-3,8-11H2,1H3. The molecule has 0 aromatic heterocycles. The van der Waals surface area contributed by atoms with Crippen LogP contribution in [-0.4, -0.2) is 48.5 Å². The molecule has 1 aliphatic rings. The summed E-state index contributed by atoms with van der Waals surface area (Å²) < 4.78 is 0. The van der Waals surface area contributed by atoms with Gasteiger partial charge in [-0.1, -0.05) is 0 Å². The second-order valence-electron chi connectivity index (χ2n) is 4.77. The van der Waals surface area contributed by atoms with Gasteiger partial charge in [0.1, 0.15) is 0 Å². The number of nitrogens with one attached hydrogen (secondary N) is 1. The van der Waals surface area contributed by atoms with Gasteiger partial charge >= 0.3 is 0 Å². The zero-order chi connectivity index (χ0) is 12.8. The Kier molecular flexibility index (Phi) is 5.35. The van der Waals surface area contributed by atoms with Crippen LogP contribution in [0.3, 0.4) is 0 Å². The predicted molar refractivity (Wildman–Crippen MR) is 78.4 cm³/mol. The van der Waals surface area contributed by atoms with E-state index < -0.39 is 0 Å². The highest BCUT2D eigenvalue weighted by Crippen LogP contribution is 2.17. The lowest BCUT2D eigenvalue weighted by molar-refractivity contribution is 0.135. The lowest BCUT2D eigenvalue weighted by Crippen LogP contribution is -2.34. The molecular weight excluding hydrogens is 244 g/mol. The van der Waals surface area contributed by atoms with Crippen molar-refractivity contribution in [3.63, 3.8) is 0 Å². The van der Waals surface area contributed by atoms with Gasteiger partial charge in [-0.05, 0) is 56.5 Å². The summed E-state index contributed by atoms with van der Waals surface area (Å²) in [5.41, 5.74) is 1.08. The summed E-state index contributed by atoms with van der Waals surface area (Å²) in [6.07, 6.45) is 4.33. The number of hydrogen-bond acceptors (Lipinski definition) is 4. The Balaban J connectivity index is 1.72. The summed E-state index contributed by atoms with van der Waals surface area (Å²) >= 11 is 1.74. The Morgan fingerprint density at radius 2 is 1.94 bits per heavy atom. The van der Waals surface area contributed by atoms with Crippen LogP contribution in [0.5, 0.6) is 0 Å². The maximum atomic E-state index is 9.96. The number of aliphatic hydroxyl groups is 1. The molecule has 100 valence electrons. The molecule has 18 heavy (non-hydrogen) atoms. The maximum absolute atomic E-state index is 9.96. The Hall–Kier alpha value is -0.710. The van der Waals surface area contributed by atoms with E-state index in [1.54, 1.807) is 11.8 Å². The molecule has 0 aliphatic carbocycles. The summed E-state index contributed by atoms with van der Waals surface area (Å²) in [4.78, 5) is 3.60. The number of aliphatic hydroxyl groups excluding tert-OH is 1. The van der Waals surface area contributed by atoms with E-state index in [1.165, 1.54) is 17.7 Å². The Labute approximate surface area is 114 Å². The van der Waals surface area contributed by atoms with Crippen LogP contribution < -0.4 is 5.32 Å². The lowest BCUT2D eigenvalue weighted by Gasteiger charge is -2.20. The maximum Gasteiger partial charge on any atom is 0.0839 e. The normalized spacial score (nSPS) is 17.9. The first kappa shape index (κ1) is 13.7. The largest absolute Gasteiger partial charge is 0.390 e. The fraction of sp³-hybridized carbons (Fsp3) is 0.571. The molecule has 0 bridgehead atoms. The van der Waals surface area contributed by atoms with Crippen molar-refractivity contribution in [2.45, 2.75) is 23.8 Å². The predicted octanol–water partition coefficient (Wildman–Crippen LogP) is 2.28. The highest BCUT2D eigenvalue weighted by Gasteiger charge is 2.15. The zero-order valence-corrected chi connectivity index (χ0v) is 11.7. The number of thioether (sulfide) groups is 1. The SMILES string of the molecule is CSc1ccc(NCC(O)CN2CCCC2)cc1. The van der Waals surface area contributed by atoms with Gasteiger partial charge in [0.2, 0.25) is 0 Å². The average molecular weight is 266 g/mol. The van der Waals surface area contributed by atoms with E-state index in [-0.39, 0.29) is 6.10 Å². The third kappa shape index (κ3) is 4.19. The van der Waals surface area contributed by atoms with Crippen molar-refractivity contribution in [3.8, 4) is 0 Å². The molecule has 1 heterocycles. The summed E-state index contributed by atoms with van der Waals surface area (Å²) in [5, 5.41) is 13.2. The van der Waals surface area contributed by atoms with Crippen molar-refractivity contribution < 1.29 is 5.11 Å². The average Bonchev–Trinajstić information content (AvgIpc) is 2.90. The van der Waals surface area contributed by atoms with Gasteiger partial charge in [-0.25, -0.2) is 0 Å². The molecule has 1 atom stereocenters. The molecule has 2 N–H and O–H groups in total. The summed E-state index contributed by atoms with van der Waals surface area (Å²) in [7, 11) is 0. The lowest BCUT2D eigenvalue weighted by atomic mass is 10.3. The molecule has 0 spiro atoms. The summed E-state index contributed by atoms with van der Waals surface area (Å²) in [5.74, 6) is 0. The van der Waals surface area contributed by atoms with Crippen LogP contribution in [-0.2, 0) is 0 Å². The van der Waals surface area contributed by atoms with Gasteiger partial charge in [-0.15, -0.1) is 11.8 Å². The number of likely N-dealkylation sites (tertiary alicyclic amines) is 1. The van der Waals surface area contributed by atoms with Crippen LogP contribution in [0.25, 0.3) is 0 Å². The Morgan fingerprint density at radius 1 is 1.28 bits per heavy atom. The highest BCUT2D eigenvalue weighted by molar-refractivity contribution is 7.98. The van der Waals surface area contributed by atoms with Crippen LogP contribution in [0.2, 0.25) is 0 Å². The number of β-amino-alcohol motifs (C(OH)–C–C–N with tert-alkyl or cyclic N) is 1. The zero-order valence-electron chi connectivity index (χ0n) is 10.9. The minimum Gasteiger partial charge on any atom is -0.390 e. The molecule has 1 aromatic carbocycles. The molecule has 2 rings (SSSR count). The van der Waals surface area contributed by atoms with E-state index >= 15 is 0 Å². The number of benzene rings is 1. The molecule has 3 nitrogen and oxygen atoms in total. The van der Waals surface area contributed by atoms with Crippen molar-refractivity contribution in [3.05, 3.63) is 24.3 Å². The molecule has 1 aromatic rings. The van der Waals surface area contributed by atoms with Crippen LogP contribution in [0.1, 0.15) is 12.8 Å². The third-order valence-electron chi connectivity index (χ3n) is 3.30. The smallest absolute Gasteiger partial charge is 0.0839 e. The second kappa shape index (κ2) is 7.02. The first-order valence-electron chi connectivity index (χ1n) is 6.56. The molecule has 0 saturated carbocycles. The fourth-order valence-corrected chi connectivity index (χ4v) is 2.68. The van der Waals surface area contributed by atoms with Crippen molar-refractivity contribution >= 4 is 17.4 Å². The molecule has 4 heteroatoms. The fourth-order valence-electron chi connectivity index (χ4n) is 2.27. The number of rotatable bonds is 6. The van der Waals surface area contributed by atoms with E-state index in [4.69, 9.17) is 0 Å². The monoisotopic (exact) mass is 266 g/mol. The van der Waals surface area contributed by atoms with E-state index in [0.717, 1.165) is 25.3 Å². The van der Waals surface area contributed by atoms with Gasteiger partial charge in [0.25, 0.3) is 0 Å². The summed E-state index contributed by atoms with van der Waals surface area (Å²) in [6, 6.07) is 8.32. The van der Waals surface area contributed by atoms with E-state index in [0.29, 0.717) is 6.54 Å². The minimum atomic E-state index is -0.289. The van der Waals surface area contributed by atoms with Crippen LogP contribution >= 0.6 is 11.8 Å². The van der Waals surface area contributed by atoms with Gasteiger partial charge < -0.3 is 15.3 Å². The van der Waals surface area contributed by atoms with Gasteiger partial charge in [-0.3, -0.25) is 0 Å². The van der Waals surface area contributed by atoms with Crippen LogP contribution in [0.4, 0.5) is 5.69 Å². The Morgan fingerprint density at radius 3 is 2.56 bits per heavy atom. The minimum absolute atomic E-state index is 0.289. The molecule has 0 radical (unpaired) electrons. The molecule has 1 saturated heterocycles. The van der Waals surface area contributed by atoms with Gasteiger partial charge in [0, 0.05) is 23.7 Å². The topological polar surface area (TPSA) is 35.5 Å². The number of anilines is 1. The van der Waals surface area contributed by atoms with Gasteiger partial charge in [0.05, 0.1) is 6.10 Å². The molecule has 1 unspecified atom stereocenters. The van der Waals surface area contributed by atoms with Crippen molar-refractivity contribution in [1.29, 1.82) is 0 Å². The quantitative estimate of drug-likeness (QED) is 0.774. The molecular formula is C14H22N2OS. The van der Waals surface area contributed by atoms with E-state index in [1.807, 2.05) is 0 Å². The Bertz CT molecular complexity index is 349. The highest BCUT2D eigenvalue weighted by atomic mass is 32.2. The van der Waals surface area contributed by atoms with Crippen molar-refractivity contribution in [2.75, 3.05) is 37.8 Å². The van der Waals surface area contributed by atoms with Crippen molar-refractivity contribution in [2.24, 2.45) is 0 Å². The van der Waals surface area contributed by atoms with Crippen molar-refractivity contribution in [1.82, 2.24) is 4.90 Å². The second-order valence-corrected chi connectivity index (χ2v) is 5.65. The first-order chi connectivity index (χ1) is 8.78. The van der Waals surface area contributed by atoms with Gasteiger partial charge in [-0.2, -0.15) is 0 Å². The van der Waals surface area contributed by atoms with Crippen LogP contribution in [0, 0.1) is 0 Å². The third-order valence-corrected chi connectivity index (χ3v) is 4.04. The molecule has 1 fully saturated rings. The molecule has 0 amide bonds. The van der Waals surface area contributed by atoms with Crippen LogP contribution in [0.15, 0.2) is 29.2 Å². The van der Waals surface area contributed by atoms with E-state index in [9.17, 15) is 5.11 Å². The molecule has 1 aliphatic heterocycles. The number of nitrogens with zero attached hydrogens (tertiary/aromatic N) is 1. The number of hydrogen-bond donors (Lipinski definition) is 2. The van der Waals surface area contributed by atoms with E-state index in [2.05, 4.69) is 40.7 Å². The first-order valence-corrected chi connectivity index (χ1v) is 7.79. The van der Waals surface area contributed by atoms with Gasteiger partial charge in [0.15, 0.2) is 0 Å².